The van der Waals surface area contributed by atoms with Crippen molar-refractivity contribution >= 4 is 17.1 Å². The number of anilines is 3. The molecule has 0 unspecified atom stereocenters. The zero-order chi connectivity index (χ0) is 42.7. The third kappa shape index (κ3) is 4.79. The molecule has 14 rings (SSSR count). The van der Waals surface area contributed by atoms with Crippen molar-refractivity contribution in [3.8, 4) is 56.4 Å². The first kappa shape index (κ1) is 36.1. The maximum Gasteiger partial charge on any atom is 0.132 e. The lowest BCUT2D eigenvalue weighted by Crippen LogP contribution is -2.32. The van der Waals surface area contributed by atoms with Crippen molar-refractivity contribution < 1.29 is 9.47 Å². The molecule has 0 N–H and O–H groups in total. The molecule has 2 aliphatic heterocycles. The largest absolute Gasteiger partial charge is 0.457 e. The van der Waals surface area contributed by atoms with Crippen LogP contribution in [-0.2, 0) is 10.8 Å². The number of para-hydroxylation sites is 4. The van der Waals surface area contributed by atoms with Crippen LogP contribution in [0.25, 0.3) is 33.4 Å². The molecule has 3 nitrogen and oxygen atoms in total. The Morgan fingerprint density at radius 3 is 1.32 bits per heavy atom. The molecule has 0 saturated carbocycles. The van der Waals surface area contributed by atoms with Crippen molar-refractivity contribution in [2.75, 3.05) is 4.90 Å². The first-order valence-corrected chi connectivity index (χ1v) is 22.4. The molecule has 0 atom stereocenters. The molecule has 0 amide bonds. The molecule has 65 heavy (non-hydrogen) atoms. The van der Waals surface area contributed by atoms with Crippen LogP contribution in [0.15, 0.2) is 237 Å². The molecule has 4 aliphatic rings. The summed E-state index contributed by atoms with van der Waals surface area (Å²) < 4.78 is 13.5. The smallest absolute Gasteiger partial charge is 0.132 e. The van der Waals surface area contributed by atoms with Gasteiger partial charge in [-0.1, -0.05) is 182 Å². The van der Waals surface area contributed by atoms with Crippen LogP contribution in [0.1, 0.15) is 44.5 Å². The Hall–Kier alpha value is -8.40. The molecule has 0 bridgehead atoms. The van der Waals surface area contributed by atoms with Crippen molar-refractivity contribution in [2.24, 2.45) is 0 Å². The Kier molecular flexibility index (Phi) is 7.53. The lowest BCUT2D eigenvalue weighted by molar-refractivity contribution is 0.436. The average Bonchev–Trinajstić information content (AvgIpc) is 3.83. The van der Waals surface area contributed by atoms with Gasteiger partial charge in [-0.15, -0.1) is 0 Å². The quantitative estimate of drug-likeness (QED) is 0.176. The van der Waals surface area contributed by atoms with Crippen LogP contribution in [0.3, 0.4) is 0 Å². The summed E-state index contributed by atoms with van der Waals surface area (Å²) in [7, 11) is 0. The van der Waals surface area contributed by atoms with Crippen LogP contribution in [0.5, 0.6) is 23.0 Å². The Morgan fingerprint density at radius 2 is 0.708 bits per heavy atom. The minimum absolute atomic E-state index is 0.607. The number of hydrogen-bond donors (Lipinski definition) is 0. The second-order valence-corrected chi connectivity index (χ2v) is 17.5. The van der Waals surface area contributed by atoms with Gasteiger partial charge in [0.05, 0.1) is 16.5 Å². The highest BCUT2D eigenvalue weighted by Crippen LogP contribution is 2.66. The zero-order valence-corrected chi connectivity index (χ0v) is 35.3. The van der Waals surface area contributed by atoms with Gasteiger partial charge in [0, 0.05) is 39.2 Å². The SMILES string of the molecule is c1ccc(-c2cccc(N(c3ccc4c(c3)C3(c5ccccc5Oc5ccccc53)c3ccccc3-4)c3cccc4c3-c3ccccc3C43c4ccccc4Oc4ccccc43)c2)cc1. The summed E-state index contributed by atoms with van der Waals surface area (Å²) in [5.74, 6) is 3.53. The van der Waals surface area contributed by atoms with E-state index < -0.39 is 10.8 Å². The van der Waals surface area contributed by atoms with Gasteiger partial charge >= 0.3 is 0 Å². The minimum atomic E-state index is -0.615. The molecule has 10 aromatic rings. The van der Waals surface area contributed by atoms with E-state index in [2.05, 4.69) is 241 Å². The lowest BCUT2D eigenvalue weighted by Gasteiger charge is -2.40. The standard InChI is InChI=1S/C62H39NO2/c1-2-18-40(19-3-1)41-20-16-21-42(38-41)63(43-36-37-45-44-22-4-6-24-47(44)62(54(45)39-43)51-28-10-14-34-58(51)65-59-35-15-11-29-52(59)62)55-31-17-30-53-60(55)46-23-5-7-25-48(46)61(53)49-26-8-12-32-56(49)64-57-33-13-9-27-50(57)61/h1-39H. The van der Waals surface area contributed by atoms with Gasteiger partial charge < -0.3 is 14.4 Å². The second kappa shape index (κ2) is 13.6. The highest BCUT2D eigenvalue weighted by atomic mass is 16.5. The molecule has 3 heteroatoms. The van der Waals surface area contributed by atoms with E-state index in [9.17, 15) is 0 Å². The first-order chi connectivity index (χ1) is 32.2. The van der Waals surface area contributed by atoms with Gasteiger partial charge in [0.2, 0.25) is 0 Å². The van der Waals surface area contributed by atoms with E-state index in [0.29, 0.717) is 0 Å². The van der Waals surface area contributed by atoms with Gasteiger partial charge in [-0.25, -0.2) is 0 Å². The van der Waals surface area contributed by atoms with E-state index in [0.717, 1.165) is 67.9 Å². The minimum Gasteiger partial charge on any atom is -0.457 e. The molecule has 0 aromatic heterocycles. The van der Waals surface area contributed by atoms with Crippen LogP contribution in [0.4, 0.5) is 17.1 Å². The van der Waals surface area contributed by atoms with Gasteiger partial charge in [-0.3, -0.25) is 0 Å². The van der Waals surface area contributed by atoms with Crippen molar-refractivity contribution in [3.05, 3.63) is 281 Å². The van der Waals surface area contributed by atoms with Gasteiger partial charge in [-0.05, 0) is 105 Å². The highest BCUT2D eigenvalue weighted by Gasteiger charge is 2.53. The maximum absolute atomic E-state index is 6.73. The fraction of sp³-hybridized carbons (Fsp3) is 0.0323. The van der Waals surface area contributed by atoms with E-state index in [4.69, 9.17) is 9.47 Å². The molecular weight excluding hydrogens is 791 g/mol. The van der Waals surface area contributed by atoms with Crippen molar-refractivity contribution in [1.29, 1.82) is 0 Å². The van der Waals surface area contributed by atoms with Crippen LogP contribution in [0, 0.1) is 0 Å². The predicted octanol–water partition coefficient (Wildman–Crippen LogP) is 15.8. The van der Waals surface area contributed by atoms with Gasteiger partial charge in [0.25, 0.3) is 0 Å². The molecule has 2 aliphatic carbocycles. The molecule has 0 saturated heterocycles. The second-order valence-electron chi connectivity index (χ2n) is 17.5. The maximum atomic E-state index is 6.73. The Labute approximate surface area is 378 Å². The third-order valence-corrected chi connectivity index (χ3v) is 14.4. The van der Waals surface area contributed by atoms with Crippen LogP contribution in [-0.4, -0.2) is 0 Å². The lowest BCUT2D eigenvalue weighted by atomic mass is 9.66. The molecule has 2 heterocycles. The van der Waals surface area contributed by atoms with E-state index in [-0.39, 0.29) is 0 Å². The molecular formula is C62H39NO2. The summed E-state index contributed by atoms with van der Waals surface area (Å²) in [4.78, 5) is 2.51. The summed E-state index contributed by atoms with van der Waals surface area (Å²) in [6.07, 6.45) is 0. The monoisotopic (exact) mass is 829 g/mol. The molecule has 0 radical (unpaired) electrons. The summed E-state index contributed by atoms with van der Waals surface area (Å²) in [6.45, 7) is 0. The Morgan fingerprint density at radius 1 is 0.277 bits per heavy atom. The number of ether oxygens (including phenoxy) is 2. The molecule has 304 valence electrons. The van der Waals surface area contributed by atoms with E-state index in [1.54, 1.807) is 0 Å². The van der Waals surface area contributed by atoms with Crippen LogP contribution < -0.4 is 14.4 Å². The summed E-state index contributed by atoms with van der Waals surface area (Å²) in [5, 5.41) is 0. The highest BCUT2D eigenvalue weighted by molar-refractivity contribution is 5.99. The summed E-state index contributed by atoms with van der Waals surface area (Å²) in [5.41, 5.74) is 18.8. The molecule has 10 aromatic carbocycles. The number of hydrogen-bond acceptors (Lipinski definition) is 3. The fourth-order valence-electron chi connectivity index (χ4n) is 11.9. The van der Waals surface area contributed by atoms with Crippen LogP contribution in [0.2, 0.25) is 0 Å². The van der Waals surface area contributed by atoms with Crippen molar-refractivity contribution in [1.82, 2.24) is 0 Å². The van der Waals surface area contributed by atoms with E-state index >= 15 is 0 Å². The fourth-order valence-corrected chi connectivity index (χ4v) is 11.9. The van der Waals surface area contributed by atoms with Crippen molar-refractivity contribution in [2.45, 2.75) is 10.8 Å². The normalized spacial score (nSPS) is 14.3. The average molecular weight is 830 g/mol. The van der Waals surface area contributed by atoms with Gasteiger partial charge in [0.15, 0.2) is 0 Å². The topological polar surface area (TPSA) is 21.7 Å². The number of fused-ring (bicyclic) bond motifs is 18. The summed E-state index contributed by atoms with van der Waals surface area (Å²) in [6, 6.07) is 86.2. The number of rotatable bonds is 4. The zero-order valence-electron chi connectivity index (χ0n) is 35.3. The van der Waals surface area contributed by atoms with Gasteiger partial charge in [-0.2, -0.15) is 0 Å². The Balaban J connectivity index is 1.08. The molecule has 0 fully saturated rings. The van der Waals surface area contributed by atoms with Gasteiger partial charge in [0.1, 0.15) is 23.0 Å². The molecule has 2 spiro atoms. The third-order valence-electron chi connectivity index (χ3n) is 14.4. The predicted molar refractivity (Wildman–Crippen MR) is 261 cm³/mol. The first-order valence-electron chi connectivity index (χ1n) is 22.4. The number of benzene rings is 10. The summed E-state index contributed by atoms with van der Waals surface area (Å²) >= 11 is 0. The van der Waals surface area contributed by atoms with E-state index in [1.807, 2.05) is 0 Å². The number of nitrogens with zero attached hydrogens (tertiary/aromatic N) is 1. The van der Waals surface area contributed by atoms with Crippen molar-refractivity contribution in [3.63, 3.8) is 0 Å². The van der Waals surface area contributed by atoms with E-state index in [1.165, 1.54) is 50.1 Å². The van der Waals surface area contributed by atoms with Crippen LogP contribution >= 0.6 is 0 Å². The Bertz CT molecular complexity index is 3500.